The minimum atomic E-state index is -0.617. The van der Waals surface area contributed by atoms with Crippen molar-refractivity contribution in [3.05, 3.63) is 44.8 Å². The van der Waals surface area contributed by atoms with Gasteiger partial charge in [-0.1, -0.05) is 30.0 Å². The third kappa shape index (κ3) is 3.29. The SMILES string of the molecule is COc1cc([C@H]2Nc3ccccc3-c3nnc(SC)nc3O2)c(Br)c(Br)c1O. The summed E-state index contributed by atoms with van der Waals surface area (Å²) in [6.45, 7) is 0. The number of phenolic OH excluding ortho intramolecular Hbond substituents is 1. The fourth-order valence-electron chi connectivity index (χ4n) is 2.83. The summed E-state index contributed by atoms with van der Waals surface area (Å²) < 4.78 is 12.6. The highest BCUT2D eigenvalue weighted by molar-refractivity contribution is 9.13. The molecule has 4 rings (SSSR count). The smallest absolute Gasteiger partial charge is 0.247 e. The van der Waals surface area contributed by atoms with E-state index in [1.54, 1.807) is 6.07 Å². The molecule has 0 aliphatic carbocycles. The first kappa shape index (κ1) is 19.3. The number of ether oxygens (including phenoxy) is 2. The van der Waals surface area contributed by atoms with Crippen LogP contribution in [0.4, 0.5) is 5.69 Å². The summed E-state index contributed by atoms with van der Waals surface area (Å²) in [5, 5.41) is 22.6. The van der Waals surface area contributed by atoms with Crippen molar-refractivity contribution in [3.63, 3.8) is 0 Å². The van der Waals surface area contributed by atoms with E-state index in [1.807, 2.05) is 30.5 Å². The minimum absolute atomic E-state index is 0.00112. The Morgan fingerprint density at radius 2 is 2.00 bits per heavy atom. The monoisotopic (exact) mass is 524 g/mol. The lowest BCUT2D eigenvalue weighted by Gasteiger charge is -2.22. The van der Waals surface area contributed by atoms with E-state index >= 15 is 0 Å². The molecule has 1 atom stereocenters. The van der Waals surface area contributed by atoms with Crippen molar-refractivity contribution >= 4 is 49.3 Å². The number of aromatic hydroxyl groups is 1. The van der Waals surface area contributed by atoms with Crippen molar-refractivity contribution in [2.45, 2.75) is 11.4 Å². The fraction of sp³-hybridized carbons (Fsp3) is 0.167. The molecule has 2 aromatic carbocycles. The van der Waals surface area contributed by atoms with E-state index in [4.69, 9.17) is 9.47 Å². The molecule has 2 N–H and O–H groups in total. The largest absolute Gasteiger partial charge is 0.503 e. The van der Waals surface area contributed by atoms with Crippen LogP contribution in [0.5, 0.6) is 17.4 Å². The third-order valence-electron chi connectivity index (χ3n) is 4.19. The molecule has 1 aliphatic heterocycles. The molecule has 1 aliphatic rings. The first-order valence-corrected chi connectivity index (χ1v) is 10.9. The molecule has 144 valence electrons. The number of rotatable bonds is 3. The number of thioether (sulfide) groups is 1. The van der Waals surface area contributed by atoms with Gasteiger partial charge in [-0.3, -0.25) is 0 Å². The number of phenols is 1. The van der Waals surface area contributed by atoms with Crippen molar-refractivity contribution in [1.82, 2.24) is 15.2 Å². The predicted octanol–water partition coefficient (Wildman–Crippen LogP) is 5.00. The summed E-state index contributed by atoms with van der Waals surface area (Å²) in [5.74, 6) is 0.692. The first-order valence-electron chi connectivity index (χ1n) is 8.09. The molecule has 0 spiro atoms. The second-order valence-corrected chi connectivity index (χ2v) is 8.14. The van der Waals surface area contributed by atoms with Crippen LogP contribution in [0.2, 0.25) is 0 Å². The van der Waals surface area contributed by atoms with Crippen LogP contribution in [0.3, 0.4) is 0 Å². The molecule has 0 amide bonds. The van der Waals surface area contributed by atoms with Gasteiger partial charge >= 0.3 is 0 Å². The number of hydrogen-bond donors (Lipinski definition) is 2. The highest BCUT2D eigenvalue weighted by Crippen LogP contribution is 2.46. The Labute approximate surface area is 182 Å². The van der Waals surface area contributed by atoms with E-state index in [0.29, 0.717) is 37.0 Å². The van der Waals surface area contributed by atoms with E-state index in [-0.39, 0.29) is 5.75 Å². The highest BCUT2D eigenvalue weighted by Gasteiger charge is 2.29. The quantitative estimate of drug-likeness (QED) is 0.461. The van der Waals surface area contributed by atoms with Crippen LogP contribution in [0.1, 0.15) is 11.8 Å². The number of anilines is 1. The number of aromatic nitrogens is 3. The maximum absolute atomic E-state index is 10.2. The summed E-state index contributed by atoms with van der Waals surface area (Å²) in [4.78, 5) is 4.50. The zero-order valence-corrected chi connectivity index (χ0v) is 18.7. The van der Waals surface area contributed by atoms with Gasteiger partial charge in [0.2, 0.25) is 11.0 Å². The Morgan fingerprint density at radius 3 is 2.75 bits per heavy atom. The molecule has 7 nitrogen and oxygen atoms in total. The summed E-state index contributed by atoms with van der Waals surface area (Å²) >= 11 is 8.31. The van der Waals surface area contributed by atoms with E-state index in [1.165, 1.54) is 18.9 Å². The van der Waals surface area contributed by atoms with Crippen LogP contribution in [0.25, 0.3) is 11.3 Å². The van der Waals surface area contributed by atoms with Gasteiger partial charge in [0, 0.05) is 21.3 Å². The van der Waals surface area contributed by atoms with Crippen LogP contribution < -0.4 is 14.8 Å². The lowest BCUT2D eigenvalue weighted by Crippen LogP contribution is -2.18. The number of benzene rings is 2. The summed E-state index contributed by atoms with van der Waals surface area (Å²) in [6, 6.07) is 9.42. The van der Waals surface area contributed by atoms with Gasteiger partial charge in [0.25, 0.3) is 0 Å². The number of fused-ring (bicyclic) bond motifs is 3. The van der Waals surface area contributed by atoms with Gasteiger partial charge in [0.15, 0.2) is 23.4 Å². The van der Waals surface area contributed by atoms with Crippen LogP contribution >= 0.6 is 43.6 Å². The van der Waals surface area contributed by atoms with Crippen LogP contribution in [-0.2, 0) is 0 Å². The third-order valence-corrected chi connectivity index (χ3v) is 6.89. The normalized spacial score (nSPS) is 14.9. The molecule has 0 unspecified atom stereocenters. The van der Waals surface area contributed by atoms with E-state index in [2.05, 4.69) is 52.4 Å². The summed E-state index contributed by atoms with van der Waals surface area (Å²) in [5.41, 5.74) is 2.95. The number of halogens is 2. The molecule has 28 heavy (non-hydrogen) atoms. The van der Waals surface area contributed by atoms with Gasteiger partial charge in [-0.05, 0) is 50.2 Å². The van der Waals surface area contributed by atoms with Crippen LogP contribution in [0.15, 0.2) is 44.4 Å². The zero-order chi connectivity index (χ0) is 19.8. The van der Waals surface area contributed by atoms with Gasteiger partial charge < -0.3 is 19.9 Å². The molecule has 0 saturated heterocycles. The number of hydrogen-bond acceptors (Lipinski definition) is 8. The summed E-state index contributed by atoms with van der Waals surface area (Å²) in [6.07, 6.45) is 1.26. The number of nitrogens with zero attached hydrogens (tertiary/aromatic N) is 3. The van der Waals surface area contributed by atoms with Gasteiger partial charge in [-0.2, -0.15) is 4.98 Å². The highest BCUT2D eigenvalue weighted by atomic mass is 79.9. The van der Waals surface area contributed by atoms with Gasteiger partial charge in [-0.25, -0.2) is 0 Å². The van der Waals surface area contributed by atoms with E-state index < -0.39 is 6.23 Å². The van der Waals surface area contributed by atoms with Crippen molar-refractivity contribution in [3.8, 4) is 28.6 Å². The number of nitrogens with one attached hydrogen (secondary N) is 1. The van der Waals surface area contributed by atoms with Crippen molar-refractivity contribution in [2.24, 2.45) is 0 Å². The van der Waals surface area contributed by atoms with Crippen LogP contribution in [0, 0.1) is 0 Å². The maximum Gasteiger partial charge on any atom is 0.247 e. The Bertz CT molecular complexity index is 1070. The molecular weight excluding hydrogens is 512 g/mol. The Hall–Kier alpha value is -2.04. The van der Waals surface area contributed by atoms with Gasteiger partial charge in [0.05, 0.1) is 11.6 Å². The fourth-order valence-corrected chi connectivity index (χ4v) is 4.06. The van der Waals surface area contributed by atoms with E-state index in [0.717, 1.165) is 11.3 Å². The van der Waals surface area contributed by atoms with Crippen molar-refractivity contribution in [1.29, 1.82) is 0 Å². The standard InChI is InChI=1S/C18H14Br2N4O3S/c1-26-11-7-9(12(19)13(20)15(11)25)16-21-10-6-4-3-5-8(10)14-17(27-16)22-18(28-2)24-23-14/h3-7,16,21,25H,1-2H3/t16-/m0/s1. The zero-order valence-electron chi connectivity index (χ0n) is 14.7. The first-order chi connectivity index (χ1) is 13.5. The minimum Gasteiger partial charge on any atom is -0.503 e. The van der Waals surface area contributed by atoms with Crippen molar-refractivity contribution in [2.75, 3.05) is 18.7 Å². The summed E-state index contributed by atoms with van der Waals surface area (Å²) in [7, 11) is 1.49. The molecule has 1 aromatic heterocycles. The van der Waals surface area contributed by atoms with E-state index in [9.17, 15) is 5.11 Å². The molecule has 0 saturated carbocycles. The lowest BCUT2D eigenvalue weighted by atomic mass is 10.1. The average Bonchev–Trinajstić information content (AvgIpc) is 2.88. The molecule has 0 radical (unpaired) electrons. The molecule has 0 fully saturated rings. The average molecular weight is 526 g/mol. The molecule has 3 aromatic rings. The van der Waals surface area contributed by atoms with Gasteiger partial charge in [0.1, 0.15) is 0 Å². The topological polar surface area (TPSA) is 89.4 Å². The van der Waals surface area contributed by atoms with Crippen molar-refractivity contribution < 1.29 is 14.6 Å². The molecule has 0 bridgehead atoms. The Balaban J connectivity index is 1.90. The molecular formula is C18H14Br2N4O3S. The Kier molecular flexibility index (Phi) is 5.35. The molecule has 2 heterocycles. The second kappa shape index (κ2) is 7.76. The second-order valence-electron chi connectivity index (χ2n) is 5.78. The van der Waals surface area contributed by atoms with Gasteiger partial charge in [-0.15, -0.1) is 10.2 Å². The maximum atomic E-state index is 10.2. The number of methoxy groups -OCH3 is 1. The molecule has 10 heteroatoms. The van der Waals surface area contributed by atoms with Crippen LogP contribution in [-0.4, -0.2) is 33.7 Å². The predicted molar refractivity (Wildman–Crippen MR) is 114 cm³/mol. The number of para-hydroxylation sites is 1. The Morgan fingerprint density at radius 1 is 1.21 bits per heavy atom. The lowest BCUT2D eigenvalue weighted by molar-refractivity contribution is 0.223.